The molecular formula is C14H22S. The minimum absolute atomic E-state index is 0.588. The maximum absolute atomic E-state index is 2.47. The van der Waals surface area contributed by atoms with E-state index < -0.39 is 0 Å². The molecule has 0 aliphatic heterocycles. The first-order valence-corrected chi connectivity index (χ1v) is 7.09. The van der Waals surface area contributed by atoms with Crippen molar-refractivity contribution in [3.8, 4) is 0 Å². The van der Waals surface area contributed by atoms with Gasteiger partial charge in [0.15, 0.2) is 0 Å². The molecule has 0 amide bonds. The highest BCUT2D eigenvalue weighted by molar-refractivity contribution is 7.07. The second kappa shape index (κ2) is 4.29. The van der Waals surface area contributed by atoms with Crippen LogP contribution in [0.5, 0.6) is 0 Å². The average Bonchev–Trinajstić information content (AvgIpc) is 2.69. The molecule has 0 bridgehead atoms. The summed E-state index contributed by atoms with van der Waals surface area (Å²) in [6.45, 7) is 7.25. The van der Waals surface area contributed by atoms with Crippen molar-refractivity contribution in [1.29, 1.82) is 0 Å². The van der Waals surface area contributed by atoms with Crippen LogP contribution in [0.2, 0.25) is 0 Å². The fourth-order valence-electron chi connectivity index (χ4n) is 3.22. The number of hydrogen-bond donors (Lipinski definition) is 0. The summed E-state index contributed by atoms with van der Waals surface area (Å²) in [4.78, 5) is 0. The van der Waals surface area contributed by atoms with E-state index in [-0.39, 0.29) is 0 Å². The van der Waals surface area contributed by atoms with Crippen molar-refractivity contribution in [3.05, 3.63) is 22.4 Å². The number of rotatable bonds is 2. The van der Waals surface area contributed by atoms with Gasteiger partial charge in [-0.15, -0.1) is 0 Å². The molecule has 1 aliphatic carbocycles. The van der Waals surface area contributed by atoms with Crippen LogP contribution in [0.25, 0.3) is 0 Å². The smallest absolute Gasteiger partial charge is 0.00584 e. The predicted molar refractivity (Wildman–Crippen MR) is 68.5 cm³/mol. The molecule has 1 heteroatoms. The summed E-state index contributed by atoms with van der Waals surface area (Å²) >= 11 is 1.84. The summed E-state index contributed by atoms with van der Waals surface area (Å²) in [6.07, 6.45) is 5.54. The molecule has 0 spiro atoms. The largest absolute Gasteiger partial charge is 0.152 e. The molecule has 0 radical (unpaired) electrons. The molecule has 2 rings (SSSR count). The molecule has 3 atom stereocenters. The van der Waals surface area contributed by atoms with Gasteiger partial charge in [0.25, 0.3) is 0 Å². The van der Waals surface area contributed by atoms with E-state index in [1.54, 1.807) is 5.56 Å². The highest BCUT2D eigenvalue weighted by Gasteiger charge is 2.34. The Morgan fingerprint density at radius 3 is 2.87 bits per heavy atom. The highest BCUT2D eigenvalue weighted by atomic mass is 32.1. The van der Waals surface area contributed by atoms with Gasteiger partial charge in [-0.3, -0.25) is 0 Å². The Labute approximate surface area is 97.7 Å². The van der Waals surface area contributed by atoms with E-state index in [4.69, 9.17) is 0 Å². The molecule has 0 saturated heterocycles. The summed E-state index contributed by atoms with van der Waals surface area (Å²) in [5, 5.41) is 4.57. The zero-order chi connectivity index (χ0) is 10.9. The maximum atomic E-state index is 2.47. The van der Waals surface area contributed by atoms with Crippen LogP contribution in [0.1, 0.15) is 57.9 Å². The van der Waals surface area contributed by atoms with E-state index in [1.807, 2.05) is 11.3 Å². The molecule has 1 aromatic heterocycles. The summed E-state index contributed by atoms with van der Waals surface area (Å²) in [7, 11) is 0. The first kappa shape index (κ1) is 11.2. The Morgan fingerprint density at radius 1 is 1.47 bits per heavy atom. The Kier molecular flexibility index (Phi) is 3.20. The molecule has 1 fully saturated rings. The Balaban J connectivity index is 2.14. The maximum Gasteiger partial charge on any atom is -0.00584 e. The fourth-order valence-corrected chi connectivity index (χ4v) is 3.96. The normalized spacial score (nSPS) is 36.7. The van der Waals surface area contributed by atoms with Gasteiger partial charge in [0.2, 0.25) is 0 Å². The molecule has 1 aliphatic rings. The van der Waals surface area contributed by atoms with Gasteiger partial charge in [0.1, 0.15) is 0 Å². The van der Waals surface area contributed by atoms with Gasteiger partial charge in [0, 0.05) is 0 Å². The molecule has 15 heavy (non-hydrogen) atoms. The van der Waals surface area contributed by atoms with Crippen LogP contribution < -0.4 is 0 Å². The van der Waals surface area contributed by atoms with Crippen LogP contribution >= 0.6 is 11.3 Å². The third-order valence-electron chi connectivity index (χ3n) is 4.14. The first-order valence-electron chi connectivity index (χ1n) is 6.15. The van der Waals surface area contributed by atoms with E-state index in [1.165, 1.54) is 25.7 Å². The lowest BCUT2D eigenvalue weighted by Gasteiger charge is -2.41. The topological polar surface area (TPSA) is 0 Å². The Hall–Kier alpha value is -0.300. The first-order chi connectivity index (χ1) is 7.13. The van der Waals surface area contributed by atoms with Crippen molar-refractivity contribution in [2.75, 3.05) is 0 Å². The minimum atomic E-state index is 0.588. The predicted octanol–water partition coefficient (Wildman–Crippen LogP) is 5.07. The molecule has 0 N–H and O–H groups in total. The van der Waals surface area contributed by atoms with Crippen LogP contribution in [0.3, 0.4) is 0 Å². The van der Waals surface area contributed by atoms with Crippen LogP contribution in [0.15, 0.2) is 16.8 Å². The molecule has 0 nitrogen and oxygen atoms in total. The number of thiophene rings is 1. The molecular weight excluding hydrogens is 200 g/mol. The monoisotopic (exact) mass is 222 g/mol. The van der Waals surface area contributed by atoms with Crippen molar-refractivity contribution in [2.45, 2.75) is 52.4 Å². The molecule has 1 aromatic rings. The van der Waals surface area contributed by atoms with E-state index in [9.17, 15) is 0 Å². The van der Waals surface area contributed by atoms with Crippen molar-refractivity contribution < 1.29 is 0 Å². The highest BCUT2D eigenvalue weighted by Crippen LogP contribution is 2.48. The lowest BCUT2D eigenvalue weighted by atomic mass is 9.64. The van der Waals surface area contributed by atoms with Crippen molar-refractivity contribution in [2.24, 2.45) is 11.3 Å². The van der Waals surface area contributed by atoms with Gasteiger partial charge in [-0.25, -0.2) is 0 Å². The van der Waals surface area contributed by atoms with Crippen LogP contribution in [-0.4, -0.2) is 0 Å². The van der Waals surface area contributed by atoms with E-state index in [2.05, 4.69) is 37.6 Å². The van der Waals surface area contributed by atoms with Crippen molar-refractivity contribution in [1.82, 2.24) is 0 Å². The van der Waals surface area contributed by atoms with Gasteiger partial charge >= 0.3 is 0 Å². The Morgan fingerprint density at radius 2 is 2.27 bits per heavy atom. The molecule has 0 aromatic carbocycles. The van der Waals surface area contributed by atoms with E-state index >= 15 is 0 Å². The molecule has 3 unspecified atom stereocenters. The van der Waals surface area contributed by atoms with Crippen LogP contribution in [0, 0.1) is 11.3 Å². The van der Waals surface area contributed by atoms with Gasteiger partial charge in [-0.1, -0.05) is 27.2 Å². The number of hydrogen-bond acceptors (Lipinski definition) is 1. The van der Waals surface area contributed by atoms with Crippen molar-refractivity contribution >= 4 is 11.3 Å². The van der Waals surface area contributed by atoms with Crippen LogP contribution in [-0.2, 0) is 0 Å². The summed E-state index contributed by atoms with van der Waals surface area (Å²) < 4.78 is 0. The lowest BCUT2D eigenvalue weighted by Crippen LogP contribution is -2.28. The second-order valence-electron chi connectivity index (χ2n) is 5.67. The van der Waals surface area contributed by atoms with Gasteiger partial charge < -0.3 is 0 Å². The SMILES string of the molecule is CCC1(C)CC(C)CC(c2ccsc2)C1. The lowest BCUT2D eigenvalue weighted by molar-refractivity contribution is 0.142. The quantitative estimate of drug-likeness (QED) is 0.655. The molecule has 1 heterocycles. The van der Waals surface area contributed by atoms with Gasteiger partial charge in [-0.05, 0) is 58.9 Å². The van der Waals surface area contributed by atoms with Crippen molar-refractivity contribution in [3.63, 3.8) is 0 Å². The molecule has 1 saturated carbocycles. The van der Waals surface area contributed by atoms with E-state index in [0.717, 1.165) is 11.8 Å². The third kappa shape index (κ3) is 2.44. The van der Waals surface area contributed by atoms with Crippen LogP contribution in [0.4, 0.5) is 0 Å². The zero-order valence-electron chi connectivity index (χ0n) is 10.1. The summed E-state index contributed by atoms with van der Waals surface area (Å²) in [5.74, 6) is 1.72. The minimum Gasteiger partial charge on any atom is -0.152 e. The second-order valence-corrected chi connectivity index (χ2v) is 6.45. The zero-order valence-corrected chi connectivity index (χ0v) is 10.9. The molecule has 84 valence electrons. The summed E-state index contributed by atoms with van der Waals surface area (Å²) in [5.41, 5.74) is 2.18. The Bertz CT molecular complexity index is 301. The summed E-state index contributed by atoms with van der Waals surface area (Å²) in [6, 6.07) is 2.32. The van der Waals surface area contributed by atoms with Gasteiger partial charge in [-0.2, -0.15) is 11.3 Å². The third-order valence-corrected chi connectivity index (χ3v) is 4.84. The average molecular weight is 222 g/mol. The van der Waals surface area contributed by atoms with Gasteiger partial charge in [0.05, 0.1) is 0 Å². The fraction of sp³-hybridized carbons (Fsp3) is 0.714. The standard InChI is InChI=1S/C14H22S/c1-4-14(3)8-11(2)7-13(9-14)12-5-6-15-10-12/h5-6,10-11,13H,4,7-9H2,1-3H3. The van der Waals surface area contributed by atoms with E-state index in [0.29, 0.717) is 5.41 Å².